The largest absolute Gasteiger partial charge is 0.476 e. The van der Waals surface area contributed by atoms with Crippen LogP contribution in [0.2, 0.25) is 0 Å². The standard InChI is InChI=1S/C18H13N3O3/c22-18(23)16-11-21-10-12-6-7-14(24-13-4-2-1-3-5-13)8-15(12)19-9-17(21)20-16/h1-9,11H,10H2,(H,22,23). The monoisotopic (exact) mass is 319 g/mol. The highest BCUT2D eigenvalue weighted by Gasteiger charge is 2.16. The van der Waals surface area contributed by atoms with Crippen LogP contribution in [0.1, 0.15) is 21.9 Å². The van der Waals surface area contributed by atoms with Gasteiger partial charge in [0.1, 0.15) is 11.5 Å². The van der Waals surface area contributed by atoms with E-state index >= 15 is 0 Å². The van der Waals surface area contributed by atoms with Gasteiger partial charge in [-0.25, -0.2) is 9.78 Å². The zero-order valence-corrected chi connectivity index (χ0v) is 12.6. The molecular formula is C18H13N3O3. The number of carboxylic acid groups (broad SMARTS) is 1. The Balaban J connectivity index is 1.65. The number of aliphatic imine (C=N–C) groups is 1. The number of para-hydroxylation sites is 1. The summed E-state index contributed by atoms with van der Waals surface area (Å²) in [4.78, 5) is 19.5. The highest BCUT2D eigenvalue weighted by Crippen LogP contribution is 2.30. The minimum Gasteiger partial charge on any atom is -0.476 e. The lowest BCUT2D eigenvalue weighted by Crippen LogP contribution is -2.01. The molecule has 0 amide bonds. The smallest absolute Gasteiger partial charge is 0.356 e. The van der Waals surface area contributed by atoms with Crippen molar-refractivity contribution in [1.82, 2.24) is 9.55 Å². The van der Waals surface area contributed by atoms with Crippen molar-refractivity contribution in [1.29, 1.82) is 0 Å². The van der Waals surface area contributed by atoms with Crippen molar-refractivity contribution in [2.24, 2.45) is 4.99 Å². The van der Waals surface area contributed by atoms with Gasteiger partial charge in [-0.05, 0) is 23.8 Å². The summed E-state index contributed by atoms with van der Waals surface area (Å²) < 4.78 is 7.59. The van der Waals surface area contributed by atoms with Crippen LogP contribution in [-0.2, 0) is 6.54 Å². The second-order valence-corrected chi connectivity index (χ2v) is 5.38. The number of fused-ring (bicyclic) bond motifs is 2. The first kappa shape index (κ1) is 14.2. The normalized spacial score (nSPS) is 12.2. The zero-order valence-electron chi connectivity index (χ0n) is 12.6. The Kier molecular flexibility index (Phi) is 3.35. The maximum absolute atomic E-state index is 11.0. The number of nitrogens with zero attached hydrogens (tertiary/aromatic N) is 3. The van der Waals surface area contributed by atoms with E-state index in [0.717, 1.165) is 17.0 Å². The summed E-state index contributed by atoms with van der Waals surface area (Å²) in [6.45, 7) is 0.510. The lowest BCUT2D eigenvalue weighted by atomic mass is 10.1. The van der Waals surface area contributed by atoms with Crippen LogP contribution in [0, 0.1) is 0 Å². The van der Waals surface area contributed by atoms with Crippen LogP contribution in [-0.4, -0.2) is 26.8 Å². The molecule has 0 unspecified atom stereocenters. The average molecular weight is 319 g/mol. The first-order chi connectivity index (χ1) is 11.7. The van der Waals surface area contributed by atoms with E-state index in [4.69, 9.17) is 9.84 Å². The fourth-order valence-electron chi connectivity index (χ4n) is 2.56. The van der Waals surface area contributed by atoms with Crippen molar-refractivity contribution in [2.45, 2.75) is 6.54 Å². The minimum absolute atomic E-state index is 0.0175. The second kappa shape index (κ2) is 5.66. The lowest BCUT2D eigenvalue weighted by molar-refractivity contribution is 0.0691. The van der Waals surface area contributed by atoms with Crippen molar-refractivity contribution in [3.05, 3.63) is 71.8 Å². The van der Waals surface area contributed by atoms with Crippen LogP contribution in [0.15, 0.2) is 59.7 Å². The first-order valence-corrected chi connectivity index (χ1v) is 7.39. The molecule has 0 saturated heterocycles. The van der Waals surface area contributed by atoms with E-state index in [2.05, 4.69) is 9.98 Å². The van der Waals surface area contributed by atoms with E-state index in [1.54, 1.807) is 10.8 Å². The van der Waals surface area contributed by atoms with Crippen LogP contribution in [0.5, 0.6) is 11.5 Å². The number of ether oxygens (including phenoxy) is 1. The molecule has 0 spiro atoms. The van der Waals surface area contributed by atoms with Crippen molar-refractivity contribution < 1.29 is 14.6 Å². The number of aromatic carboxylic acids is 1. The summed E-state index contributed by atoms with van der Waals surface area (Å²) in [5.74, 6) is 0.932. The molecule has 1 N–H and O–H groups in total. The van der Waals surface area contributed by atoms with Crippen molar-refractivity contribution in [3.8, 4) is 11.5 Å². The molecule has 2 heterocycles. The molecule has 0 atom stereocenters. The molecule has 118 valence electrons. The van der Waals surface area contributed by atoms with Gasteiger partial charge in [-0.15, -0.1) is 0 Å². The van der Waals surface area contributed by atoms with Gasteiger partial charge in [-0.3, -0.25) is 4.99 Å². The Labute approximate surface area is 137 Å². The number of benzene rings is 2. The van der Waals surface area contributed by atoms with Crippen molar-refractivity contribution >= 4 is 17.9 Å². The fourth-order valence-corrected chi connectivity index (χ4v) is 2.56. The molecule has 0 saturated carbocycles. The Hall–Kier alpha value is -3.41. The second-order valence-electron chi connectivity index (χ2n) is 5.38. The number of rotatable bonds is 3. The lowest BCUT2D eigenvalue weighted by Gasteiger charge is -2.09. The number of aromatic nitrogens is 2. The highest BCUT2D eigenvalue weighted by atomic mass is 16.5. The van der Waals surface area contributed by atoms with Crippen LogP contribution in [0.3, 0.4) is 0 Å². The Morgan fingerprint density at radius 2 is 1.96 bits per heavy atom. The summed E-state index contributed by atoms with van der Waals surface area (Å²) in [5.41, 5.74) is 1.77. The van der Waals surface area contributed by atoms with Gasteiger partial charge < -0.3 is 14.4 Å². The van der Waals surface area contributed by atoms with Crippen molar-refractivity contribution in [3.63, 3.8) is 0 Å². The van der Waals surface area contributed by atoms with Gasteiger partial charge in [-0.2, -0.15) is 0 Å². The Morgan fingerprint density at radius 3 is 2.75 bits per heavy atom. The third-order valence-electron chi connectivity index (χ3n) is 3.72. The third-order valence-corrected chi connectivity index (χ3v) is 3.72. The molecule has 0 radical (unpaired) electrons. The van der Waals surface area contributed by atoms with Gasteiger partial charge >= 0.3 is 5.97 Å². The number of carboxylic acids is 1. The van der Waals surface area contributed by atoms with Gasteiger partial charge in [0.25, 0.3) is 0 Å². The molecule has 24 heavy (non-hydrogen) atoms. The molecular weight excluding hydrogens is 306 g/mol. The molecule has 0 bridgehead atoms. The maximum atomic E-state index is 11.0. The number of hydrogen-bond donors (Lipinski definition) is 1. The van der Waals surface area contributed by atoms with E-state index in [-0.39, 0.29) is 5.69 Å². The van der Waals surface area contributed by atoms with Crippen LogP contribution < -0.4 is 4.74 Å². The molecule has 1 aromatic heterocycles. The van der Waals surface area contributed by atoms with E-state index in [1.807, 2.05) is 48.5 Å². The molecule has 4 rings (SSSR count). The predicted octanol–water partition coefficient (Wildman–Crippen LogP) is 3.49. The van der Waals surface area contributed by atoms with E-state index in [1.165, 1.54) is 6.20 Å². The molecule has 1 aliphatic rings. The van der Waals surface area contributed by atoms with Gasteiger partial charge in [-0.1, -0.05) is 24.3 Å². The zero-order chi connectivity index (χ0) is 16.5. The first-order valence-electron chi connectivity index (χ1n) is 7.39. The molecule has 2 aromatic carbocycles. The molecule has 0 fully saturated rings. The average Bonchev–Trinajstić information content (AvgIpc) is 2.91. The molecule has 0 aliphatic carbocycles. The predicted molar refractivity (Wildman–Crippen MR) is 88.5 cm³/mol. The number of imidazole rings is 1. The topological polar surface area (TPSA) is 76.7 Å². The van der Waals surface area contributed by atoms with Gasteiger partial charge in [0.15, 0.2) is 11.5 Å². The number of carbonyl (C=O) groups is 1. The van der Waals surface area contributed by atoms with Crippen LogP contribution in [0.25, 0.3) is 0 Å². The Bertz CT molecular complexity index is 945. The van der Waals surface area contributed by atoms with Gasteiger partial charge in [0.05, 0.1) is 18.4 Å². The van der Waals surface area contributed by atoms with Crippen LogP contribution in [0.4, 0.5) is 5.69 Å². The van der Waals surface area contributed by atoms with E-state index < -0.39 is 5.97 Å². The summed E-state index contributed by atoms with van der Waals surface area (Å²) in [6, 6.07) is 15.2. The van der Waals surface area contributed by atoms with Gasteiger partial charge in [0.2, 0.25) is 0 Å². The third kappa shape index (κ3) is 2.65. The molecule has 1 aliphatic heterocycles. The summed E-state index contributed by atoms with van der Waals surface area (Å²) in [6.07, 6.45) is 3.09. The van der Waals surface area contributed by atoms with E-state index in [9.17, 15) is 4.79 Å². The van der Waals surface area contributed by atoms with Crippen LogP contribution >= 0.6 is 0 Å². The fraction of sp³-hybridized carbons (Fsp3) is 0.0556. The summed E-state index contributed by atoms with van der Waals surface area (Å²) in [5, 5.41) is 9.04. The Morgan fingerprint density at radius 1 is 1.12 bits per heavy atom. The molecule has 3 aromatic rings. The minimum atomic E-state index is -1.05. The van der Waals surface area contributed by atoms with E-state index in [0.29, 0.717) is 18.1 Å². The number of hydrogen-bond acceptors (Lipinski definition) is 4. The SMILES string of the molecule is O=C(O)c1cn2c(n1)C=Nc1cc(Oc3ccccc3)ccc1C2. The van der Waals surface area contributed by atoms with Crippen molar-refractivity contribution in [2.75, 3.05) is 0 Å². The summed E-state index contributed by atoms with van der Waals surface area (Å²) in [7, 11) is 0. The quantitative estimate of drug-likeness (QED) is 0.627. The van der Waals surface area contributed by atoms with Gasteiger partial charge in [0, 0.05) is 12.3 Å². The maximum Gasteiger partial charge on any atom is 0.356 e. The highest BCUT2D eigenvalue weighted by molar-refractivity contribution is 5.88. The summed E-state index contributed by atoms with van der Waals surface area (Å²) >= 11 is 0. The molecule has 6 nitrogen and oxygen atoms in total. The molecule has 6 heteroatoms.